The van der Waals surface area contributed by atoms with Gasteiger partial charge in [-0.15, -0.1) is 0 Å². The molecular formula is C12H23IO. The fourth-order valence-electron chi connectivity index (χ4n) is 2.13. The number of alkyl halides is 1. The van der Waals surface area contributed by atoms with E-state index < -0.39 is 0 Å². The van der Waals surface area contributed by atoms with Crippen molar-refractivity contribution in [2.24, 2.45) is 0 Å². The minimum Gasteiger partial charge on any atom is -0.392 e. The van der Waals surface area contributed by atoms with Crippen LogP contribution in [0.3, 0.4) is 0 Å². The lowest BCUT2D eigenvalue weighted by atomic mass is 9.99. The maximum Gasteiger partial charge on any atom is 0.0657 e. The second-order valence-corrected chi connectivity index (χ2v) is 6.09. The summed E-state index contributed by atoms with van der Waals surface area (Å²) in [5.74, 6) is 0. The van der Waals surface area contributed by atoms with E-state index in [0.717, 1.165) is 6.42 Å². The molecule has 1 aliphatic carbocycles. The molecule has 0 radical (unpaired) electrons. The van der Waals surface area contributed by atoms with Crippen molar-refractivity contribution >= 4 is 22.6 Å². The summed E-state index contributed by atoms with van der Waals surface area (Å²) in [6, 6.07) is 0. The molecule has 1 unspecified atom stereocenters. The Labute approximate surface area is 102 Å². The zero-order valence-electron chi connectivity index (χ0n) is 9.05. The van der Waals surface area contributed by atoms with Gasteiger partial charge in [0.15, 0.2) is 0 Å². The van der Waals surface area contributed by atoms with E-state index in [1.54, 1.807) is 0 Å². The number of halogens is 1. The molecule has 0 saturated heterocycles. The number of hydrogen-bond donors (Lipinski definition) is 1. The van der Waals surface area contributed by atoms with Crippen molar-refractivity contribution in [1.29, 1.82) is 0 Å². The van der Waals surface area contributed by atoms with Crippen LogP contribution < -0.4 is 0 Å². The molecular weight excluding hydrogens is 287 g/mol. The van der Waals surface area contributed by atoms with Crippen molar-refractivity contribution in [3.8, 4) is 0 Å². The predicted octanol–water partition coefficient (Wildman–Crippen LogP) is 4.07. The second-order valence-electron chi connectivity index (χ2n) is 4.49. The first-order valence-corrected chi connectivity index (χ1v) is 7.37. The monoisotopic (exact) mass is 310 g/mol. The Hall–Kier alpha value is 0.690. The van der Waals surface area contributed by atoms with Gasteiger partial charge in [0, 0.05) is 3.92 Å². The molecule has 84 valence electrons. The van der Waals surface area contributed by atoms with Crippen molar-refractivity contribution in [3.63, 3.8) is 0 Å². The van der Waals surface area contributed by atoms with Gasteiger partial charge in [-0.25, -0.2) is 0 Å². The SMILES string of the molecule is OC1CCCCCCCCCC[C@H]1I. The molecule has 0 bridgehead atoms. The van der Waals surface area contributed by atoms with Gasteiger partial charge in [0.05, 0.1) is 6.10 Å². The van der Waals surface area contributed by atoms with Crippen LogP contribution in [0.4, 0.5) is 0 Å². The highest BCUT2D eigenvalue weighted by Gasteiger charge is 2.15. The van der Waals surface area contributed by atoms with E-state index in [2.05, 4.69) is 22.6 Å². The van der Waals surface area contributed by atoms with E-state index in [1.807, 2.05) is 0 Å². The maximum atomic E-state index is 9.85. The fourth-order valence-corrected chi connectivity index (χ4v) is 2.93. The van der Waals surface area contributed by atoms with Gasteiger partial charge < -0.3 is 5.11 Å². The zero-order chi connectivity index (χ0) is 10.2. The van der Waals surface area contributed by atoms with Gasteiger partial charge in [-0.1, -0.05) is 74.0 Å². The molecule has 0 aromatic rings. The Bertz CT molecular complexity index is 122. The van der Waals surface area contributed by atoms with Crippen LogP contribution in [-0.2, 0) is 0 Å². The summed E-state index contributed by atoms with van der Waals surface area (Å²) in [4.78, 5) is 0. The standard InChI is InChI=1S/C12H23IO/c13-11-9-7-5-3-1-2-4-6-8-10-12(11)14/h11-12,14H,1-10H2/t11-,12?/m1/s1. The molecule has 0 aromatic carbocycles. The summed E-state index contributed by atoms with van der Waals surface area (Å²) < 4.78 is 0.493. The minimum absolute atomic E-state index is 0.0463. The summed E-state index contributed by atoms with van der Waals surface area (Å²) in [7, 11) is 0. The van der Waals surface area contributed by atoms with Crippen molar-refractivity contribution < 1.29 is 5.11 Å². The van der Waals surface area contributed by atoms with Crippen molar-refractivity contribution in [1.82, 2.24) is 0 Å². The molecule has 0 aliphatic heterocycles. The van der Waals surface area contributed by atoms with E-state index in [0.29, 0.717) is 3.92 Å². The average Bonchev–Trinajstić information content (AvgIpc) is 2.18. The number of hydrogen-bond acceptors (Lipinski definition) is 1. The van der Waals surface area contributed by atoms with E-state index in [1.165, 1.54) is 57.8 Å². The summed E-state index contributed by atoms with van der Waals surface area (Å²) in [5, 5.41) is 9.85. The zero-order valence-corrected chi connectivity index (χ0v) is 11.2. The fraction of sp³-hybridized carbons (Fsp3) is 1.00. The Balaban J connectivity index is 2.23. The van der Waals surface area contributed by atoms with Crippen molar-refractivity contribution in [2.75, 3.05) is 0 Å². The normalized spacial score (nSPS) is 33.0. The summed E-state index contributed by atoms with van der Waals surface area (Å²) in [5.41, 5.74) is 0. The molecule has 0 spiro atoms. The van der Waals surface area contributed by atoms with Crippen LogP contribution in [-0.4, -0.2) is 15.1 Å². The average molecular weight is 310 g/mol. The van der Waals surface area contributed by atoms with E-state index in [-0.39, 0.29) is 6.10 Å². The molecule has 1 saturated carbocycles. The predicted molar refractivity (Wildman–Crippen MR) is 70.0 cm³/mol. The van der Waals surface area contributed by atoms with Crippen LogP contribution in [0.15, 0.2) is 0 Å². The molecule has 1 rings (SSSR count). The Kier molecular flexibility index (Phi) is 7.21. The highest BCUT2D eigenvalue weighted by molar-refractivity contribution is 14.1. The van der Waals surface area contributed by atoms with Gasteiger partial charge >= 0.3 is 0 Å². The van der Waals surface area contributed by atoms with E-state index >= 15 is 0 Å². The molecule has 2 atom stereocenters. The third-order valence-corrected chi connectivity index (χ3v) is 4.60. The third-order valence-electron chi connectivity index (χ3n) is 3.15. The Morgan fingerprint density at radius 1 is 0.714 bits per heavy atom. The number of aliphatic hydroxyl groups is 1. The molecule has 1 fully saturated rings. The Morgan fingerprint density at radius 3 is 1.71 bits per heavy atom. The smallest absolute Gasteiger partial charge is 0.0657 e. The van der Waals surface area contributed by atoms with Crippen LogP contribution in [0.2, 0.25) is 0 Å². The van der Waals surface area contributed by atoms with Gasteiger partial charge in [-0.05, 0) is 12.8 Å². The number of rotatable bonds is 0. The molecule has 1 nitrogen and oxygen atoms in total. The molecule has 1 aliphatic rings. The molecule has 0 aromatic heterocycles. The van der Waals surface area contributed by atoms with Gasteiger partial charge in [0.25, 0.3) is 0 Å². The number of aliphatic hydroxyl groups excluding tert-OH is 1. The van der Waals surface area contributed by atoms with Crippen LogP contribution in [0.1, 0.15) is 64.2 Å². The first kappa shape index (κ1) is 12.8. The van der Waals surface area contributed by atoms with Gasteiger partial charge in [0.1, 0.15) is 0 Å². The van der Waals surface area contributed by atoms with Crippen LogP contribution in [0.25, 0.3) is 0 Å². The molecule has 2 heteroatoms. The Morgan fingerprint density at radius 2 is 1.14 bits per heavy atom. The second kappa shape index (κ2) is 7.91. The summed E-state index contributed by atoms with van der Waals surface area (Å²) in [6.07, 6.45) is 13.0. The highest BCUT2D eigenvalue weighted by Crippen LogP contribution is 2.21. The largest absolute Gasteiger partial charge is 0.392 e. The van der Waals surface area contributed by atoms with E-state index in [9.17, 15) is 5.11 Å². The third kappa shape index (κ3) is 5.54. The first-order chi connectivity index (χ1) is 6.80. The maximum absolute atomic E-state index is 9.85. The van der Waals surface area contributed by atoms with Gasteiger partial charge in [-0.2, -0.15) is 0 Å². The quantitative estimate of drug-likeness (QED) is 0.528. The summed E-state index contributed by atoms with van der Waals surface area (Å²) >= 11 is 2.43. The molecule has 1 N–H and O–H groups in total. The molecule has 0 heterocycles. The van der Waals surface area contributed by atoms with Crippen LogP contribution in [0, 0.1) is 0 Å². The lowest BCUT2D eigenvalue weighted by Crippen LogP contribution is -2.20. The first-order valence-electron chi connectivity index (χ1n) is 6.13. The van der Waals surface area contributed by atoms with Crippen molar-refractivity contribution in [3.05, 3.63) is 0 Å². The molecule has 0 amide bonds. The lowest BCUT2D eigenvalue weighted by Gasteiger charge is -2.18. The van der Waals surface area contributed by atoms with Crippen LogP contribution >= 0.6 is 22.6 Å². The molecule has 14 heavy (non-hydrogen) atoms. The van der Waals surface area contributed by atoms with Crippen LogP contribution in [0.5, 0.6) is 0 Å². The highest BCUT2D eigenvalue weighted by atomic mass is 127. The minimum atomic E-state index is -0.0463. The van der Waals surface area contributed by atoms with E-state index in [4.69, 9.17) is 0 Å². The lowest BCUT2D eigenvalue weighted by molar-refractivity contribution is 0.157. The van der Waals surface area contributed by atoms with Gasteiger partial charge in [-0.3, -0.25) is 0 Å². The van der Waals surface area contributed by atoms with Gasteiger partial charge in [0.2, 0.25) is 0 Å². The van der Waals surface area contributed by atoms with Crippen molar-refractivity contribution in [2.45, 2.75) is 74.2 Å². The summed E-state index contributed by atoms with van der Waals surface area (Å²) in [6.45, 7) is 0. The topological polar surface area (TPSA) is 20.2 Å².